The lowest BCUT2D eigenvalue weighted by molar-refractivity contribution is 0.174. The van der Waals surface area contributed by atoms with E-state index in [1.807, 2.05) is 0 Å². The number of aromatic nitrogens is 2. The molecule has 1 aliphatic heterocycles. The van der Waals surface area contributed by atoms with Gasteiger partial charge in [0.05, 0.1) is 11.0 Å². The van der Waals surface area contributed by atoms with Gasteiger partial charge in [0.2, 0.25) is 12.7 Å². The molecule has 0 radical (unpaired) electrons. The van der Waals surface area contributed by atoms with Crippen LogP contribution in [0.4, 0.5) is 20.4 Å². The third-order valence-electron chi connectivity index (χ3n) is 3.16. The number of hydrogen-bond acceptors (Lipinski definition) is 4. The maximum absolute atomic E-state index is 13.2. The molecule has 7 heteroatoms. The average molecular weight is 289 g/mol. The number of nitrogens with one attached hydrogen (secondary N) is 2. The zero-order valence-corrected chi connectivity index (χ0v) is 10.6. The summed E-state index contributed by atoms with van der Waals surface area (Å²) in [4.78, 5) is 7.35. The molecule has 1 aromatic heterocycles. The van der Waals surface area contributed by atoms with E-state index in [9.17, 15) is 8.78 Å². The van der Waals surface area contributed by atoms with Crippen LogP contribution in [0.3, 0.4) is 0 Å². The standard InChI is InChI=1S/C14H9F2N3O2/c15-8-2-1-7(3-9(8)16)17-14-18-10-4-12-13(21-6-20-12)5-11(10)19-14/h1-5H,6H2,(H2,17,18,19). The van der Waals surface area contributed by atoms with Gasteiger partial charge in [0.15, 0.2) is 23.1 Å². The first kappa shape index (κ1) is 12.0. The molecule has 2 heterocycles. The van der Waals surface area contributed by atoms with E-state index >= 15 is 0 Å². The van der Waals surface area contributed by atoms with Gasteiger partial charge in [0, 0.05) is 23.9 Å². The van der Waals surface area contributed by atoms with Crippen LogP contribution in [0.25, 0.3) is 11.0 Å². The van der Waals surface area contributed by atoms with Crippen molar-refractivity contribution < 1.29 is 18.3 Å². The maximum atomic E-state index is 13.2. The Labute approximate surface area is 117 Å². The Morgan fingerprint density at radius 3 is 2.67 bits per heavy atom. The first-order chi connectivity index (χ1) is 10.2. The van der Waals surface area contributed by atoms with Gasteiger partial charge in [-0.25, -0.2) is 13.8 Å². The molecule has 2 aromatic carbocycles. The first-order valence-corrected chi connectivity index (χ1v) is 6.20. The fourth-order valence-electron chi connectivity index (χ4n) is 2.17. The molecule has 0 bridgehead atoms. The Hall–Kier alpha value is -2.83. The molecule has 1 aliphatic rings. The molecule has 0 fully saturated rings. The molecule has 106 valence electrons. The molecule has 21 heavy (non-hydrogen) atoms. The summed E-state index contributed by atoms with van der Waals surface area (Å²) in [6.45, 7) is 0.196. The Balaban J connectivity index is 1.69. The zero-order valence-electron chi connectivity index (χ0n) is 10.6. The highest BCUT2D eigenvalue weighted by molar-refractivity contribution is 5.82. The summed E-state index contributed by atoms with van der Waals surface area (Å²) >= 11 is 0. The van der Waals surface area contributed by atoms with Crippen molar-refractivity contribution in [3.63, 3.8) is 0 Å². The van der Waals surface area contributed by atoms with Crippen LogP contribution >= 0.6 is 0 Å². The van der Waals surface area contributed by atoms with Crippen LogP contribution in [-0.4, -0.2) is 16.8 Å². The second-order valence-corrected chi connectivity index (χ2v) is 4.56. The fourth-order valence-corrected chi connectivity index (χ4v) is 2.17. The normalized spacial score (nSPS) is 12.9. The van der Waals surface area contributed by atoms with Gasteiger partial charge < -0.3 is 19.8 Å². The molecule has 0 unspecified atom stereocenters. The topological polar surface area (TPSA) is 59.2 Å². The van der Waals surface area contributed by atoms with Gasteiger partial charge in [0.1, 0.15) is 0 Å². The predicted molar refractivity (Wildman–Crippen MR) is 71.9 cm³/mol. The number of H-pyrrole nitrogens is 1. The summed E-state index contributed by atoms with van der Waals surface area (Å²) in [5.41, 5.74) is 1.83. The molecule has 0 atom stereocenters. The van der Waals surface area contributed by atoms with Crippen molar-refractivity contribution in [2.45, 2.75) is 0 Å². The minimum absolute atomic E-state index is 0.196. The second-order valence-electron chi connectivity index (χ2n) is 4.56. The van der Waals surface area contributed by atoms with Gasteiger partial charge in [-0.2, -0.15) is 0 Å². The lowest BCUT2D eigenvalue weighted by Crippen LogP contribution is -1.94. The minimum Gasteiger partial charge on any atom is -0.454 e. The molecule has 2 N–H and O–H groups in total. The monoisotopic (exact) mass is 289 g/mol. The summed E-state index contributed by atoms with van der Waals surface area (Å²) in [5.74, 6) is -0.119. The largest absolute Gasteiger partial charge is 0.454 e. The van der Waals surface area contributed by atoms with Crippen LogP contribution in [0, 0.1) is 11.6 Å². The van der Waals surface area contributed by atoms with Crippen LogP contribution in [-0.2, 0) is 0 Å². The number of halogens is 2. The van der Waals surface area contributed by atoms with Crippen molar-refractivity contribution in [2.24, 2.45) is 0 Å². The van der Waals surface area contributed by atoms with Gasteiger partial charge in [-0.05, 0) is 12.1 Å². The molecule has 4 rings (SSSR count). The molecule has 0 saturated heterocycles. The van der Waals surface area contributed by atoms with Crippen molar-refractivity contribution in [1.29, 1.82) is 0 Å². The van der Waals surface area contributed by atoms with Gasteiger partial charge >= 0.3 is 0 Å². The van der Waals surface area contributed by atoms with Gasteiger partial charge in [-0.15, -0.1) is 0 Å². The molecular formula is C14H9F2N3O2. The Kier molecular flexibility index (Phi) is 2.47. The number of fused-ring (bicyclic) bond motifs is 2. The van der Waals surface area contributed by atoms with E-state index in [0.717, 1.165) is 17.6 Å². The van der Waals surface area contributed by atoms with Gasteiger partial charge in [-0.1, -0.05) is 0 Å². The molecule has 0 amide bonds. The van der Waals surface area contributed by atoms with Crippen molar-refractivity contribution in [2.75, 3.05) is 12.1 Å². The molecule has 0 spiro atoms. The molecule has 5 nitrogen and oxygen atoms in total. The molecular weight excluding hydrogens is 280 g/mol. The van der Waals surface area contributed by atoms with Gasteiger partial charge in [0.25, 0.3) is 0 Å². The number of imidazole rings is 1. The summed E-state index contributed by atoms with van der Waals surface area (Å²) < 4.78 is 36.6. The summed E-state index contributed by atoms with van der Waals surface area (Å²) in [5, 5.41) is 2.88. The van der Waals surface area contributed by atoms with E-state index in [4.69, 9.17) is 9.47 Å². The zero-order chi connectivity index (χ0) is 14.4. The number of benzene rings is 2. The highest BCUT2D eigenvalue weighted by Gasteiger charge is 2.16. The quantitative estimate of drug-likeness (QED) is 0.760. The van der Waals surface area contributed by atoms with Crippen LogP contribution < -0.4 is 14.8 Å². The summed E-state index contributed by atoms with van der Waals surface area (Å²) in [6, 6.07) is 7.08. The highest BCUT2D eigenvalue weighted by Crippen LogP contribution is 2.35. The van der Waals surface area contributed by atoms with E-state index in [0.29, 0.717) is 28.7 Å². The van der Waals surface area contributed by atoms with E-state index < -0.39 is 11.6 Å². The van der Waals surface area contributed by atoms with Crippen LogP contribution in [0.15, 0.2) is 30.3 Å². The van der Waals surface area contributed by atoms with E-state index in [-0.39, 0.29) is 6.79 Å². The van der Waals surface area contributed by atoms with Crippen LogP contribution in [0.1, 0.15) is 0 Å². The third kappa shape index (κ3) is 2.03. The van der Waals surface area contributed by atoms with Gasteiger partial charge in [-0.3, -0.25) is 0 Å². The Bertz CT molecular complexity index is 807. The van der Waals surface area contributed by atoms with Crippen LogP contribution in [0.5, 0.6) is 11.5 Å². The van der Waals surface area contributed by atoms with Crippen molar-refractivity contribution >= 4 is 22.7 Å². The molecule has 0 saturated carbocycles. The van der Waals surface area contributed by atoms with E-state index in [1.165, 1.54) is 6.07 Å². The predicted octanol–water partition coefficient (Wildman–Crippen LogP) is 3.31. The summed E-state index contributed by atoms with van der Waals surface area (Å²) in [6.07, 6.45) is 0. The number of nitrogens with zero attached hydrogens (tertiary/aromatic N) is 1. The minimum atomic E-state index is -0.920. The number of ether oxygens (including phenoxy) is 2. The number of rotatable bonds is 2. The Morgan fingerprint density at radius 2 is 1.86 bits per heavy atom. The van der Waals surface area contributed by atoms with Crippen molar-refractivity contribution in [3.8, 4) is 11.5 Å². The first-order valence-electron chi connectivity index (χ1n) is 6.20. The van der Waals surface area contributed by atoms with Crippen molar-refractivity contribution in [3.05, 3.63) is 42.0 Å². The van der Waals surface area contributed by atoms with E-state index in [2.05, 4.69) is 15.3 Å². The number of aromatic amines is 1. The maximum Gasteiger partial charge on any atom is 0.231 e. The highest BCUT2D eigenvalue weighted by atomic mass is 19.2. The van der Waals surface area contributed by atoms with Crippen molar-refractivity contribution in [1.82, 2.24) is 9.97 Å². The molecule has 3 aromatic rings. The average Bonchev–Trinajstić information content (AvgIpc) is 3.05. The number of hydrogen-bond donors (Lipinski definition) is 2. The second kappa shape index (κ2) is 4.34. The molecule has 0 aliphatic carbocycles. The smallest absolute Gasteiger partial charge is 0.231 e. The third-order valence-corrected chi connectivity index (χ3v) is 3.16. The Morgan fingerprint density at radius 1 is 1.05 bits per heavy atom. The number of anilines is 2. The SMILES string of the molecule is Fc1ccc(Nc2nc3cc4c(cc3[nH]2)OCO4)cc1F. The lowest BCUT2D eigenvalue weighted by Gasteiger charge is -2.02. The van der Waals surface area contributed by atoms with E-state index in [1.54, 1.807) is 12.1 Å². The summed E-state index contributed by atoms with van der Waals surface area (Å²) in [7, 11) is 0. The lowest BCUT2D eigenvalue weighted by atomic mass is 10.3. The fraction of sp³-hybridized carbons (Fsp3) is 0.0714. The van der Waals surface area contributed by atoms with Crippen LogP contribution in [0.2, 0.25) is 0 Å².